The number of hydrogen-bond acceptors (Lipinski definition) is 6. The number of aromatic amines is 1. The smallest absolute Gasteiger partial charge is 0.191 e. The van der Waals surface area contributed by atoms with Crippen molar-refractivity contribution in [3.63, 3.8) is 0 Å². The predicted molar refractivity (Wildman–Crippen MR) is 53.9 cm³/mol. The second-order valence-corrected chi connectivity index (χ2v) is 3.63. The van der Waals surface area contributed by atoms with E-state index in [9.17, 15) is 0 Å². The SMILES string of the molecule is Nc1nc(SCCO)nc2nc[nH]c12. The molecule has 2 heterocycles. The number of fused-ring (bicyclic) bond motifs is 1. The molecule has 0 saturated heterocycles. The van der Waals surface area contributed by atoms with Gasteiger partial charge in [-0.3, -0.25) is 0 Å². The van der Waals surface area contributed by atoms with E-state index in [1.54, 1.807) is 0 Å². The number of nitrogens with two attached hydrogens (primary N) is 1. The number of nitrogen functional groups attached to an aromatic ring is 1. The number of aliphatic hydroxyl groups excluding tert-OH is 1. The summed E-state index contributed by atoms with van der Waals surface area (Å²) >= 11 is 1.35. The highest BCUT2D eigenvalue weighted by atomic mass is 32.2. The highest BCUT2D eigenvalue weighted by molar-refractivity contribution is 7.99. The van der Waals surface area contributed by atoms with Crippen LogP contribution in [0.3, 0.4) is 0 Å². The van der Waals surface area contributed by atoms with Gasteiger partial charge in [-0.25, -0.2) is 15.0 Å². The highest BCUT2D eigenvalue weighted by Gasteiger charge is 2.06. The Morgan fingerprint density at radius 1 is 1.50 bits per heavy atom. The molecule has 0 fully saturated rings. The summed E-state index contributed by atoms with van der Waals surface area (Å²) in [6, 6.07) is 0. The molecular formula is C7H9N5OS. The normalized spacial score (nSPS) is 10.9. The maximum atomic E-state index is 8.64. The molecule has 2 rings (SSSR count). The number of aromatic nitrogens is 4. The molecule has 2 aromatic rings. The predicted octanol–water partition coefficient (Wildman–Crippen LogP) is 0.0195. The fraction of sp³-hybridized carbons (Fsp3) is 0.286. The number of nitrogens with zero attached hydrogens (tertiary/aromatic N) is 3. The van der Waals surface area contributed by atoms with Crippen LogP contribution in [0.2, 0.25) is 0 Å². The van der Waals surface area contributed by atoms with Crippen LogP contribution in [-0.4, -0.2) is 37.4 Å². The first kappa shape index (κ1) is 9.22. The van der Waals surface area contributed by atoms with E-state index in [4.69, 9.17) is 10.8 Å². The number of H-pyrrole nitrogens is 1. The first-order valence-corrected chi connectivity index (χ1v) is 5.00. The summed E-state index contributed by atoms with van der Waals surface area (Å²) < 4.78 is 0. The van der Waals surface area contributed by atoms with E-state index in [2.05, 4.69) is 19.9 Å². The molecule has 0 bridgehead atoms. The number of nitrogens with one attached hydrogen (secondary N) is 1. The first-order valence-electron chi connectivity index (χ1n) is 4.01. The summed E-state index contributed by atoms with van der Waals surface area (Å²) in [6.07, 6.45) is 1.52. The van der Waals surface area contributed by atoms with E-state index in [-0.39, 0.29) is 6.61 Å². The van der Waals surface area contributed by atoms with Gasteiger partial charge in [0.25, 0.3) is 0 Å². The third kappa shape index (κ3) is 1.64. The van der Waals surface area contributed by atoms with Crippen LogP contribution in [0.15, 0.2) is 11.5 Å². The minimum Gasteiger partial charge on any atom is -0.396 e. The number of imidazole rings is 1. The Labute approximate surface area is 84.0 Å². The number of aliphatic hydroxyl groups is 1. The van der Waals surface area contributed by atoms with Gasteiger partial charge in [0.15, 0.2) is 16.6 Å². The summed E-state index contributed by atoms with van der Waals surface area (Å²) in [6.45, 7) is 0.0898. The Hall–Kier alpha value is -1.34. The number of thioether (sulfide) groups is 1. The molecule has 0 amide bonds. The third-order valence-electron chi connectivity index (χ3n) is 1.62. The van der Waals surface area contributed by atoms with Crippen LogP contribution in [0.4, 0.5) is 5.82 Å². The Balaban J connectivity index is 2.38. The van der Waals surface area contributed by atoms with Crippen LogP contribution in [0.5, 0.6) is 0 Å². The number of anilines is 1. The lowest BCUT2D eigenvalue weighted by atomic mass is 10.5. The molecule has 74 valence electrons. The van der Waals surface area contributed by atoms with Gasteiger partial charge in [0, 0.05) is 5.75 Å². The number of rotatable bonds is 3. The first-order chi connectivity index (χ1) is 6.81. The van der Waals surface area contributed by atoms with E-state index in [0.29, 0.717) is 27.9 Å². The summed E-state index contributed by atoms with van der Waals surface area (Å²) in [5.74, 6) is 0.933. The van der Waals surface area contributed by atoms with Gasteiger partial charge >= 0.3 is 0 Å². The van der Waals surface area contributed by atoms with E-state index in [1.807, 2.05) is 0 Å². The van der Waals surface area contributed by atoms with E-state index in [0.717, 1.165) is 0 Å². The zero-order valence-electron chi connectivity index (χ0n) is 7.27. The molecule has 4 N–H and O–H groups in total. The van der Waals surface area contributed by atoms with Crippen LogP contribution in [0.1, 0.15) is 0 Å². The van der Waals surface area contributed by atoms with Crippen LogP contribution in [-0.2, 0) is 0 Å². The van der Waals surface area contributed by atoms with Crippen molar-refractivity contribution in [2.45, 2.75) is 5.16 Å². The molecule has 6 nitrogen and oxygen atoms in total. The van der Waals surface area contributed by atoms with Crippen LogP contribution < -0.4 is 5.73 Å². The van der Waals surface area contributed by atoms with Crippen molar-refractivity contribution in [1.29, 1.82) is 0 Å². The largest absolute Gasteiger partial charge is 0.396 e. The van der Waals surface area contributed by atoms with Gasteiger partial charge in [-0.05, 0) is 0 Å². The molecule has 14 heavy (non-hydrogen) atoms. The van der Waals surface area contributed by atoms with Crippen molar-refractivity contribution in [3.8, 4) is 0 Å². The fourth-order valence-corrected chi connectivity index (χ4v) is 1.62. The van der Waals surface area contributed by atoms with Gasteiger partial charge in [-0.1, -0.05) is 11.8 Å². The second kappa shape index (κ2) is 3.81. The summed E-state index contributed by atoms with van der Waals surface area (Å²) in [5, 5.41) is 9.18. The van der Waals surface area contributed by atoms with Crippen LogP contribution in [0, 0.1) is 0 Å². The molecule has 0 saturated carbocycles. The lowest BCUT2D eigenvalue weighted by Crippen LogP contribution is -1.97. The van der Waals surface area contributed by atoms with Gasteiger partial charge in [-0.15, -0.1) is 0 Å². The van der Waals surface area contributed by atoms with E-state index >= 15 is 0 Å². The Morgan fingerprint density at radius 2 is 2.36 bits per heavy atom. The van der Waals surface area contributed by atoms with Gasteiger partial charge in [0.2, 0.25) is 0 Å². The lowest BCUT2D eigenvalue weighted by Gasteiger charge is -1.99. The molecule has 0 spiro atoms. The Morgan fingerprint density at radius 3 is 3.14 bits per heavy atom. The zero-order chi connectivity index (χ0) is 9.97. The van der Waals surface area contributed by atoms with Gasteiger partial charge in [0.1, 0.15) is 5.52 Å². The van der Waals surface area contributed by atoms with Gasteiger partial charge in [-0.2, -0.15) is 0 Å². The monoisotopic (exact) mass is 211 g/mol. The lowest BCUT2D eigenvalue weighted by molar-refractivity contribution is 0.322. The summed E-state index contributed by atoms with van der Waals surface area (Å²) in [4.78, 5) is 15.0. The fourth-order valence-electron chi connectivity index (χ4n) is 1.04. The molecule has 0 aliphatic rings. The van der Waals surface area contributed by atoms with Crippen LogP contribution in [0.25, 0.3) is 11.2 Å². The summed E-state index contributed by atoms with van der Waals surface area (Å²) in [5.41, 5.74) is 6.88. The maximum absolute atomic E-state index is 8.64. The highest BCUT2D eigenvalue weighted by Crippen LogP contribution is 2.19. The van der Waals surface area contributed by atoms with Crippen molar-refractivity contribution in [2.24, 2.45) is 0 Å². The van der Waals surface area contributed by atoms with Gasteiger partial charge < -0.3 is 15.8 Å². The maximum Gasteiger partial charge on any atom is 0.191 e. The molecule has 0 aromatic carbocycles. The molecule has 0 atom stereocenters. The standard InChI is InChI=1S/C7H9N5OS/c8-5-4-6(10-3-9-4)12-7(11-5)14-2-1-13/h3,13H,1-2H2,(H3,8,9,10,11,12). The molecule has 7 heteroatoms. The van der Waals surface area contributed by atoms with Crippen molar-refractivity contribution >= 4 is 28.7 Å². The van der Waals surface area contributed by atoms with Crippen molar-refractivity contribution < 1.29 is 5.11 Å². The molecule has 0 aliphatic heterocycles. The Kier molecular flexibility index (Phi) is 2.51. The third-order valence-corrected chi connectivity index (χ3v) is 2.44. The molecule has 0 aliphatic carbocycles. The quantitative estimate of drug-likeness (QED) is 0.488. The molecule has 0 radical (unpaired) electrons. The van der Waals surface area contributed by atoms with Crippen molar-refractivity contribution in [3.05, 3.63) is 6.33 Å². The van der Waals surface area contributed by atoms with Crippen LogP contribution >= 0.6 is 11.8 Å². The molecule has 0 unspecified atom stereocenters. The average Bonchev–Trinajstić information content (AvgIpc) is 2.63. The minimum atomic E-state index is 0.0898. The summed E-state index contributed by atoms with van der Waals surface area (Å²) in [7, 11) is 0. The van der Waals surface area contributed by atoms with Gasteiger partial charge in [0.05, 0.1) is 12.9 Å². The number of hydrogen-bond donors (Lipinski definition) is 3. The Bertz CT molecular complexity index is 443. The van der Waals surface area contributed by atoms with E-state index < -0.39 is 0 Å². The second-order valence-electron chi connectivity index (χ2n) is 2.56. The molecular weight excluding hydrogens is 202 g/mol. The van der Waals surface area contributed by atoms with Crippen molar-refractivity contribution in [2.75, 3.05) is 18.1 Å². The average molecular weight is 211 g/mol. The topological polar surface area (TPSA) is 101 Å². The molecule has 2 aromatic heterocycles. The van der Waals surface area contributed by atoms with E-state index in [1.165, 1.54) is 18.1 Å². The zero-order valence-corrected chi connectivity index (χ0v) is 8.08. The van der Waals surface area contributed by atoms with Crippen molar-refractivity contribution in [1.82, 2.24) is 19.9 Å². The minimum absolute atomic E-state index is 0.0898.